The third kappa shape index (κ3) is 3.61. The van der Waals surface area contributed by atoms with Crippen LogP contribution in [0.15, 0.2) is 54.9 Å². The van der Waals surface area contributed by atoms with Crippen LogP contribution in [0.5, 0.6) is 0 Å². The Labute approximate surface area is 162 Å². The molecule has 144 valence electrons. The molecule has 1 aliphatic heterocycles. The summed E-state index contributed by atoms with van der Waals surface area (Å²) in [5, 5.41) is 12.6. The fourth-order valence-corrected chi connectivity index (χ4v) is 3.66. The van der Waals surface area contributed by atoms with Gasteiger partial charge >= 0.3 is 0 Å². The maximum absolute atomic E-state index is 12.5. The summed E-state index contributed by atoms with van der Waals surface area (Å²) in [5.41, 5.74) is 3.78. The summed E-state index contributed by atoms with van der Waals surface area (Å²) in [7, 11) is 0. The first-order chi connectivity index (χ1) is 13.5. The van der Waals surface area contributed by atoms with Crippen molar-refractivity contribution in [1.29, 1.82) is 0 Å². The highest BCUT2D eigenvalue weighted by Crippen LogP contribution is 2.21. The van der Waals surface area contributed by atoms with Crippen molar-refractivity contribution >= 4 is 28.5 Å². The fraction of sp³-hybridized carbons (Fsp3) is 0.286. The molecule has 1 aromatic heterocycles. The molecule has 7 heteroatoms. The summed E-state index contributed by atoms with van der Waals surface area (Å²) in [5.74, 6) is -0.486. The number of amides is 2. The minimum absolute atomic E-state index is 0.200. The zero-order valence-electron chi connectivity index (χ0n) is 15.6. The number of fused-ring (bicyclic) bond motifs is 1. The van der Waals surface area contributed by atoms with Crippen molar-refractivity contribution in [2.75, 3.05) is 11.9 Å². The molecular formula is C21H22N4O3. The number of nitrogens with one attached hydrogen (secondary N) is 1. The number of aliphatic hydroxyl groups excluding tert-OH is 1. The number of benzene rings is 2. The molecule has 0 radical (unpaired) electrons. The predicted molar refractivity (Wildman–Crippen MR) is 106 cm³/mol. The summed E-state index contributed by atoms with van der Waals surface area (Å²) in [6.07, 6.45) is 1.42. The van der Waals surface area contributed by atoms with Crippen LogP contribution < -0.4 is 5.32 Å². The van der Waals surface area contributed by atoms with Gasteiger partial charge in [-0.1, -0.05) is 24.3 Å². The van der Waals surface area contributed by atoms with E-state index < -0.39 is 12.1 Å². The molecule has 0 bridgehead atoms. The molecule has 7 nitrogen and oxygen atoms in total. The van der Waals surface area contributed by atoms with Gasteiger partial charge in [-0.15, -0.1) is 0 Å². The number of aromatic nitrogens is 2. The number of carbonyl (C=O) groups excluding carboxylic acids is 2. The average Bonchev–Trinajstić information content (AvgIpc) is 3.27. The Balaban J connectivity index is 1.43. The zero-order chi connectivity index (χ0) is 19.7. The number of nitrogens with zero attached hydrogens (tertiary/aromatic N) is 3. The summed E-state index contributed by atoms with van der Waals surface area (Å²) >= 11 is 0. The third-order valence-corrected chi connectivity index (χ3v) is 5.09. The number of likely N-dealkylation sites (tertiary alicyclic amines) is 1. The van der Waals surface area contributed by atoms with Crippen LogP contribution in [0.2, 0.25) is 0 Å². The Kier molecular flexibility index (Phi) is 4.83. The van der Waals surface area contributed by atoms with E-state index in [9.17, 15) is 14.7 Å². The van der Waals surface area contributed by atoms with Crippen LogP contribution in [0.3, 0.4) is 0 Å². The summed E-state index contributed by atoms with van der Waals surface area (Å²) in [6, 6.07) is 14.9. The first kappa shape index (κ1) is 18.2. The largest absolute Gasteiger partial charge is 0.391 e. The number of β-amino-alcohol motifs (C(OH)–C–C–N with tert-alkyl or cyclic N) is 1. The van der Waals surface area contributed by atoms with E-state index in [1.54, 1.807) is 0 Å². The highest BCUT2D eigenvalue weighted by Gasteiger charge is 2.37. The standard InChI is InChI=1S/C21H22N4O3/c1-14(26)25-12-17(27)10-20(25)21(28)23-16-8-6-15(7-9-16)11-24-13-22-18-4-2-3-5-19(18)24/h2-9,13,17,20,27H,10-12H2,1H3,(H,23,28)/t17-,20-/m1/s1. The van der Waals surface area contributed by atoms with Crippen molar-refractivity contribution in [3.63, 3.8) is 0 Å². The van der Waals surface area contributed by atoms with E-state index in [1.165, 1.54) is 11.8 Å². The van der Waals surface area contributed by atoms with Gasteiger partial charge in [0.1, 0.15) is 6.04 Å². The molecule has 2 aromatic carbocycles. The normalized spacial score (nSPS) is 19.1. The Hall–Kier alpha value is -3.19. The highest BCUT2D eigenvalue weighted by atomic mass is 16.3. The van der Waals surface area contributed by atoms with Gasteiger partial charge in [0.2, 0.25) is 11.8 Å². The van der Waals surface area contributed by atoms with Crippen LogP contribution >= 0.6 is 0 Å². The van der Waals surface area contributed by atoms with E-state index in [0.717, 1.165) is 16.6 Å². The van der Waals surface area contributed by atoms with Crippen LogP contribution in [0, 0.1) is 0 Å². The van der Waals surface area contributed by atoms with Crippen molar-refractivity contribution in [3.05, 3.63) is 60.4 Å². The van der Waals surface area contributed by atoms with Crippen molar-refractivity contribution in [3.8, 4) is 0 Å². The SMILES string of the molecule is CC(=O)N1C[C@H](O)C[C@@H]1C(=O)Nc1ccc(Cn2cnc3ccccc32)cc1. The number of aliphatic hydroxyl groups is 1. The second kappa shape index (κ2) is 7.44. The summed E-state index contributed by atoms with van der Waals surface area (Å²) in [6.45, 7) is 2.29. The van der Waals surface area contributed by atoms with Gasteiger partial charge in [-0.05, 0) is 29.8 Å². The highest BCUT2D eigenvalue weighted by molar-refractivity contribution is 5.97. The van der Waals surface area contributed by atoms with E-state index in [2.05, 4.69) is 14.9 Å². The van der Waals surface area contributed by atoms with Gasteiger partial charge in [0.05, 0.1) is 23.5 Å². The van der Waals surface area contributed by atoms with Crippen molar-refractivity contribution in [2.24, 2.45) is 0 Å². The molecule has 0 aliphatic carbocycles. The average molecular weight is 378 g/mol. The maximum Gasteiger partial charge on any atom is 0.247 e. The first-order valence-electron chi connectivity index (χ1n) is 9.26. The molecule has 0 spiro atoms. The van der Waals surface area contributed by atoms with E-state index in [-0.39, 0.29) is 24.8 Å². The molecule has 2 N–H and O–H groups in total. The lowest BCUT2D eigenvalue weighted by molar-refractivity contribution is -0.134. The van der Waals surface area contributed by atoms with Gasteiger partial charge in [-0.2, -0.15) is 0 Å². The predicted octanol–water partition coefficient (Wildman–Crippen LogP) is 2.00. The summed E-state index contributed by atoms with van der Waals surface area (Å²) < 4.78 is 2.08. The van der Waals surface area contributed by atoms with Crippen LogP contribution in [0.1, 0.15) is 18.9 Å². The Morgan fingerprint density at radius 2 is 1.93 bits per heavy atom. The molecular weight excluding hydrogens is 356 g/mol. The fourth-order valence-electron chi connectivity index (χ4n) is 3.66. The Bertz CT molecular complexity index is 1010. The minimum atomic E-state index is -0.660. The van der Waals surface area contributed by atoms with E-state index in [0.29, 0.717) is 12.2 Å². The first-order valence-corrected chi connectivity index (χ1v) is 9.26. The molecule has 2 heterocycles. The molecule has 2 atom stereocenters. The lowest BCUT2D eigenvalue weighted by Crippen LogP contribution is -2.42. The molecule has 3 aromatic rings. The van der Waals surface area contributed by atoms with Gasteiger partial charge in [0.15, 0.2) is 0 Å². The summed E-state index contributed by atoms with van der Waals surface area (Å²) in [4.78, 5) is 30.0. The lowest BCUT2D eigenvalue weighted by atomic mass is 10.1. The van der Waals surface area contributed by atoms with Crippen LogP contribution in [-0.4, -0.2) is 50.1 Å². The molecule has 0 saturated carbocycles. The van der Waals surface area contributed by atoms with Crippen molar-refractivity contribution in [1.82, 2.24) is 14.5 Å². The van der Waals surface area contributed by atoms with Crippen molar-refractivity contribution in [2.45, 2.75) is 32.0 Å². The van der Waals surface area contributed by atoms with Crippen LogP contribution in [0.25, 0.3) is 11.0 Å². The number of para-hydroxylation sites is 2. The van der Waals surface area contributed by atoms with Gasteiger partial charge in [-0.3, -0.25) is 9.59 Å². The monoisotopic (exact) mass is 378 g/mol. The molecule has 28 heavy (non-hydrogen) atoms. The number of hydrogen-bond donors (Lipinski definition) is 2. The van der Waals surface area contributed by atoms with Gasteiger partial charge in [0.25, 0.3) is 0 Å². The molecule has 1 saturated heterocycles. The quantitative estimate of drug-likeness (QED) is 0.727. The zero-order valence-corrected chi connectivity index (χ0v) is 15.6. The number of rotatable bonds is 4. The maximum atomic E-state index is 12.5. The van der Waals surface area contributed by atoms with Gasteiger partial charge < -0.3 is 19.9 Å². The van der Waals surface area contributed by atoms with Crippen LogP contribution in [0.4, 0.5) is 5.69 Å². The minimum Gasteiger partial charge on any atom is -0.391 e. The molecule has 4 rings (SSSR count). The smallest absolute Gasteiger partial charge is 0.247 e. The van der Waals surface area contributed by atoms with Gasteiger partial charge in [0, 0.05) is 32.1 Å². The number of anilines is 1. The Morgan fingerprint density at radius 1 is 1.18 bits per heavy atom. The van der Waals surface area contributed by atoms with E-state index >= 15 is 0 Å². The molecule has 1 fully saturated rings. The molecule has 2 amide bonds. The Morgan fingerprint density at radius 3 is 2.68 bits per heavy atom. The second-order valence-corrected chi connectivity index (χ2v) is 7.12. The van der Waals surface area contributed by atoms with E-state index in [1.807, 2.05) is 54.9 Å². The molecule has 1 aliphatic rings. The lowest BCUT2D eigenvalue weighted by Gasteiger charge is -2.22. The number of imidazole rings is 1. The van der Waals surface area contributed by atoms with Gasteiger partial charge in [-0.25, -0.2) is 4.98 Å². The topological polar surface area (TPSA) is 87.5 Å². The third-order valence-electron chi connectivity index (χ3n) is 5.09. The van der Waals surface area contributed by atoms with Crippen molar-refractivity contribution < 1.29 is 14.7 Å². The number of hydrogen-bond acceptors (Lipinski definition) is 4. The molecule has 0 unspecified atom stereocenters. The number of carbonyl (C=O) groups is 2. The second-order valence-electron chi connectivity index (χ2n) is 7.12. The van der Waals surface area contributed by atoms with Crippen LogP contribution in [-0.2, 0) is 16.1 Å². The van der Waals surface area contributed by atoms with E-state index in [4.69, 9.17) is 0 Å².